The first kappa shape index (κ1) is 24.1. The summed E-state index contributed by atoms with van der Waals surface area (Å²) in [7, 11) is 1.91. The molecule has 0 bridgehead atoms. The van der Waals surface area contributed by atoms with Crippen LogP contribution in [0.5, 0.6) is 0 Å². The molecule has 11 heteroatoms. The van der Waals surface area contributed by atoms with Gasteiger partial charge in [0.15, 0.2) is 5.16 Å². The van der Waals surface area contributed by atoms with Crippen molar-refractivity contribution in [3.8, 4) is 11.3 Å². The zero-order valence-electron chi connectivity index (χ0n) is 17.5. The van der Waals surface area contributed by atoms with Crippen LogP contribution in [-0.2, 0) is 23.3 Å². The zero-order chi connectivity index (χ0) is 23.2. The van der Waals surface area contributed by atoms with E-state index in [9.17, 15) is 4.79 Å². The molecule has 2 aromatic heterocycles. The molecular formula is C22H19Cl2N5OS3. The molecule has 1 amide bonds. The lowest BCUT2D eigenvalue weighted by Crippen LogP contribution is -2.14. The lowest BCUT2D eigenvalue weighted by molar-refractivity contribution is -0.113. The van der Waals surface area contributed by atoms with Gasteiger partial charge in [-0.25, -0.2) is 4.98 Å². The molecule has 0 saturated carbocycles. The van der Waals surface area contributed by atoms with E-state index in [1.165, 1.54) is 11.8 Å². The molecular weight excluding hydrogens is 517 g/mol. The summed E-state index contributed by atoms with van der Waals surface area (Å²) < 4.78 is 1.92. The van der Waals surface area contributed by atoms with E-state index in [0.29, 0.717) is 26.6 Å². The van der Waals surface area contributed by atoms with E-state index < -0.39 is 0 Å². The summed E-state index contributed by atoms with van der Waals surface area (Å²) in [6.45, 7) is 0. The predicted octanol–water partition coefficient (Wildman–Crippen LogP) is 6.41. The lowest BCUT2D eigenvalue weighted by Gasteiger charge is -2.05. The van der Waals surface area contributed by atoms with E-state index in [2.05, 4.69) is 20.9 Å². The molecule has 2 heterocycles. The summed E-state index contributed by atoms with van der Waals surface area (Å²) in [6, 6.07) is 14.7. The first-order valence-corrected chi connectivity index (χ1v) is 13.6. The third-order valence-corrected chi connectivity index (χ3v) is 8.03. The van der Waals surface area contributed by atoms with Gasteiger partial charge in [-0.15, -0.1) is 33.3 Å². The van der Waals surface area contributed by atoms with Gasteiger partial charge in [-0.3, -0.25) is 4.79 Å². The van der Waals surface area contributed by atoms with Crippen LogP contribution in [0.15, 0.2) is 59.1 Å². The van der Waals surface area contributed by atoms with E-state index in [-0.39, 0.29) is 11.7 Å². The SMILES string of the molecule is Cn1c(CSCc2nc(-c3ccc(Cl)cc3)cs2)nnc1SCC(=O)Nc1ccc(Cl)cc1. The molecule has 0 spiro atoms. The number of thiazole rings is 1. The maximum absolute atomic E-state index is 12.2. The van der Waals surface area contributed by atoms with Crippen molar-refractivity contribution in [2.24, 2.45) is 7.05 Å². The van der Waals surface area contributed by atoms with Crippen LogP contribution < -0.4 is 5.32 Å². The fourth-order valence-electron chi connectivity index (χ4n) is 2.82. The smallest absolute Gasteiger partial charge is 0.234 e. The van der Waals surface area contributed by atoms with Crippen molar-refractivity contribution in [1.29, 1.82) is 0 Å². The van der Waals surface area contributed by atoms with E-state index in [1.807, 2.05) is 35.9 Å². The van der Waals surface area contributed by atoms with Gasteiger partial charge < -0.3 is 9.88 Å². The van der Waals surface area contributed by atoms with Crippen LogP contribution >= 0.6 is 58.1 Å². The van der Waals surface area contributed by atoms with Crippen LogP contribution in [-0.4, -0.2) is 31.4 Å². The number of hydrogen-bond acceptors (Lipinski definition) is 7. The number of thioether (sulfide) groups is 2. The van der Waals surface area contributed by atoms with Gasteiger partial charge in [-0.1, -0.05) is 47.1 Å². The largest absolute Gasteiger partial charge is 0.325 e. The minimum Gasteiger partial charge on any atom is -0.325 e. The maximum Gasteiger partial charge on any atom is 0.234 e. The fraction of sp³-hybridized carbons (Fsp3) is 0.182. The number of rotatable bonds is 9. The first-order valence-electron chi connectivity index (χ1n) is 9.82. The van der Waals surface area contributed by atoms with Crippen LogP contribution in [0.1, 0.15) is 10.8 Å². The molecule has 0 saturated heterocycles. The molecule has 0 atom stereocenters. The Hall–Kier alpha value is -2.04. The maximum atomic E-state index is 12.2. The Kier molecular flexibility index (Phi) is 8.32. The van der Waals surface area contributed by atoms with Crippen molar-refractivity contribution < 1.29 is 4.79 Å². The van der Waals surface area contributed by atoms with Crippen molar-refractivity contribution in [1.82, 2.24) is 19.7 Å². The van der Waals surface area contributed by atoms with Crippen molar-refractivity contribution in [2.75, 3.05) is 11.1 Å². The molecule has 1 N–H and O–H groups in total. The molecule has 0 fully saturated rings. The van der Waals surface area contributed by atoms with Crippen molar-refractivity contribution >= 4 is 69.7 Å². The van der Waals surface area contributed by atoms with Crippen molar-refractivity contribution in [3.63, 3.8) is 0 Å². The number of amides is 1. The first-order chi connectivity index (χ1) is 16.0. The van der Waals surface area contributed by atoms with Gasteiger partial charge in [0.25, 0.3) is 0 Å². The summed E-state index contributed by atoms with van der Waals surface area (Å²) >= 11 is 16.6. The Morgan fingerprint density at radius 1 is 1.03 bits per heavy atom. The summed E-state index contributed by atoms with van der Waals surface area (Å²) in [4.78, 5) is 16.9. The third-order valence-electron chi connectivity index (χ3n) is 4.53. The number of halogens is 2. The quantitative estimate of drug-likeness (QED) is 0.249. The fourth-order valence-corrected chi connectivity index (χ4v) is 5.68. The molecule has 0 aliphatic carbocycles. The Balaban J connectivity index is 1.25. The minimum atomic E-state index is -0.110. The van der Waals surface area contributed by atoms with E-state index in [1.54, 1.807) is 47.4 Å². The highest BCUT2D eigenvalue weighted by molar-refractivity contribution is 7.99. The summed E-state index contributed by atoms with van der Waals surface area (Å²) in [6.07, 6.45) is 0. The molecule has 0 aliphatic heterocycles. The highest BCUT2D eigenvalue weighted by Gasteiger charge is 2.12. The number of nitrogens with one attached hydrogen (secondary N) is 1. The third kappa shape index (κ3) is 6.74. The molecule has 33 heavy (non-hydrogen) atoms. The topological polar surface area (TPSA) is 72.7 Å². The van der Waals surface area contributed by atoms with Crippen LogP contribution in [0.4, 0.5) is 5.69 Å². The van der Waals surface area contributed by atoms with Gasteiger partial charge in [-0.2, -0.15) is 0 Å². The number of aromatic nitrogens is 4. The van der Waals surface area contributed by atoms with Crippen molar-refractivity contribution in [2.45, 2.75) is 16.7 Å². The number of nitrogens with zero attached hydrogens (tertiary/aromatic N) is 4. The van der Waals surface area contributed by atoms with Gasteiger partial charge in [-0.05, 0) is 36.4 Å². The molecule has 0 unspecified atom stereocenters. The minimum absolute atomic E-state index is 0.110. The number of carbonyl (C=O) groups is 1. The molecule has 6 nitrogen and oxygen atoms in total. The summed E-state index contributed by atoms with van der Waals surface area (Å²) in [5.74, 6) is 2.49. The Morgan fingerprint density at radius 2 is 1.73 bits per heavy atom. The molecule has 2 aromatic carbocycles. The van der Waals surface area contributed by atoms with E-state index in [0.717, 1.165) is 27.8 Å². The monoisotopic (exact) mass is 535 g/mol. The van der Waals surface area contributed by atoms with Crippen LogP contribution in [0, 0.1) is 0 Å². The molecule has 4 aromatic rings. The highest BCUT2D eigenvalue weighted by Crippen LogP contribution is 2.27. The van der Waals surface area contributed by atoms with Gasteiger partial charge >= 0.3 is 0 Å². The van der Waals surface area contributed by atoms with E-state index >= 15 is 0 Å². The number of carbonyl (C=O) groups excluding carboxylic acids is 1. The predicted molar refractivity (Wildman–Crippen MR) is 139 cm³/mol. The standard InChI is InChI=1S/C22H19Cl2N5OS3/c1-29-19(11-31-13-21-26-18(10-32-21)14-2-4-15(23)5-3-14)27-28-22(29)33-12-20(30)25-17-8-6-16(24)7-9-17/h2-10H,11-13H2,1H3,(H,25,30). The average molecular weight is 537 g/mol. The Bertz CT molecular complexity index is 1230. The second-order valence-electron chi connectivity index (χ2n) is 6.93. The number of benzene rings is 2. The highest BCUT2D eigenvalue weighted by atomic mass is 35.5. The normalized spacial score (nSPS) is 11.0. The number of anilines is 1. The van der Waals surface area contributed by atoms with Gasteiger partial charge in [0.2, 0.25) is 5.91 Å². The van der Waals surface area contributed by atoms with E-state index in [4.69, 9.17) is 28.2 Å². The molecule has 0 aliphatic rings. The number of hydrogen-bond donors (Lipinski definition) is 1. The molecule has 170 valence electrons. The van der Waals surface area contributed by atoms with Crippen molar-refractivity contribution in [3.05, 3.63) is 74.8 Å². The Morgan fingerprint density at radius 3 is 2.45 bits per heavy atom. The summed E-state index contributed by atoms with van der Waals surface area (Å²) in [5.41, 5.74) is 2.73. The average Bonchev–Trinajstić information content (AvgIpc) is 3.42. The zero-order valence-corrected chi connectivity index (χ0v) is 21.5. The molecule has 0 radical (unpaired) electrons. The second-order valence-corrected chi connectivity index (χ2v) is 10.7. The van der Waals surface area contributed by atoms with Crippen LogP contribution in [0.25, 0.3) is 11.3 Å². The Labute approximate surface area is 214 Å². The van der Waals surface area contributed by atoms with Gasteiger partial charge in [0.1, 0.15) is 10.8 Å². The molecule has 4 rings (SSSR count). The van der Waals surface area contributed by atoms with Gasteiger partial charge in [0.05, 0.1) is 17.2 Å². The lowest BCUT2D eigenvalue weighted by atomic mass is 10.2. The summed E-state index contributed by atoms with van der Waals surface area (Å²) in [5, 5.41) is 16.5. The van der Waals surface area contributed by atoms with Crippen LogP contribution in [0.3, 0.4) is 0 Å². The van der Waals surface area contributed by atoms with Gasteiger partial charge in [0, 0.05) is 39.5 Å². The second kappa shape index (κ2) is 11.4. The van der Waals surface area contributed by atoms with Crippen LogP contribution in [0.2, 0.25) is 10.0 Å².